The molecule has 0 aromatic rings. The Morgan fingerprint density at radius 2 is 1.79 bits per heavy atom. The van der Waals surface area contributed by atoms with Crippen molar-refractivity contribution in [3.05, 3.63) is 0 Å². The lowest BCUT2D eigenvalue weighted by molar-refractivity contribution is -0.122. The Morgan fingerprint density at radius 3 is 2.50 bits per heavy atom. The van der Waals surface area contributed by atoms with E-state index in [2.05, 4.69) is 12.0 Å². The van der Waals surface area contributed by atoms with Crippen LogP contribution in [0.2, 0.25) is 0 Å². The highest BCUT2D eigenvalue weighted by atomic mass is 16.7. The minimum Gasteiger partial charge on any atom is -0.414 e. The third-order valence-electron chi connectivity index (χ3n) is 2.95. The van der Waals surface area contributed by atoms with Crippen LogP contribution in [-0.2, 0) is 9.47 Å². The zero-order valence-corrected chi connectivity index (χ0v) is 8.63. The summed E-state index contributed by atoms with van der Waals surface area (Å²) in [6.45, 7) is 0.829. The molecule has 2 heteroatoms. The molecule has 14 heavy (non-hydrogen) atoms. The lowest BCUT2D eigenvalue weighted by atomic mass is 10.1. The molecule has 1 aliphatic carbocycles. The van der Waals surface area contributed by atoms with Gasteiger partial charge in [-0.2, -0.15) is 0 Å². The molecule has 2 aliphatic rings. The molecule has 2 rings (SSSR count). The van der Waals surface area contributed by atoms with Crippen molar-refractivity contribution in [2.24, 2.45) is 5.92 Å². The van der Waals surface area contributed by atoms with Gasteiger partial charge in [0.15, 0.2) is 0 Å². The van der Waals surface area contributed by atoms with E-state index in [0.717, 1.165) is 19.4 Å². The molecule has 1 saturated heterocycles. The van der Waals surface area contributed by atoms with Gasteiger partial charge in [-0.25, -0.2) is 0 Å². The number of hydrogen-bond donors (Lipinski definition) is 0. The second-order valence-corrected chi connectivity index (χ2v) is 4.14. The van der Waals surface area contributed by atoms with E-state index in [1.54, 1.807) is 0 Å². The van der Waals surface area contributed by atoms with Gasteiger partial charge in [-0.3, -0.25) is 0 Å². The maximum absolute atomic E-state index is 5.42. The molecule has 1 unspecified atom stereocenters. The topological polar surface area (TPSA) is 18.5 Å². The van der Waals surface area contributed by atoms with E-state index in [0.29, 0.717) is 5.92 Å². The summed E-state index contributed by atoms with van der Waals surface area (Å²) in [7, 11) is 0. The maximum Gasteiger partial charge on any atom is 0.210 e. The van der Waals surface area contributed by atoms with Crippen LogP contribution in [0.15, 0.2) is 0 Å². The first kappa shape index (κ1) is 9.86. The molecular formula is C12H18O2. The van der Waals surface area contributed by atoms with Gasteiger partial charge in [0.1, 0.15) is 6.11 Å². The fraction of sp³-hybridized carbons (Fsp3) is 0.833. The quantitative estimate of drug-likeness (QED) is 0.597. The van der Waals surface area contributed by atoms with Crippen LogP contribution in [0.1, 0.15) is 44.9 Å². The van der Waals surface area contributed by atoms with Gasteiger partial charge in [-0.05, 0) is 25.7 Å². The van der Waals surface area contributed by atoms with Gasteiger partial charge >= 0.3 is 0 Å². The van der Waals surface area contributed by atoms with E-state index in [9.17, 15) is 0 Å². The molecule has 2 nitrogen and oxygen atoms in total. The third kappa shape index (κ3) is 2.92. The lowest BCUT2D eigenvalue weighted by Crippen LogP contribution is -2.20. The molecule has 0 aromatic carbocycles. The van der Waals surface area contributed by atoms with Crippen LogP contribution in [0.5, 0.6) is 0 Å². The Balaban J connectivity index is 1.69. The average Bonchev–Trinajstić information content (AvgIpc) is 2.72. The van der Waals surface area contributed by atoms with Crippen molar-refractivity contribution < 1.29 is 9.47 Å². The largest absolute Gasteiger partial charge is 0.414 e. The second-order valence-electron chi connectivity index (χ2n) is 4.14. The molecule has 1 heterocycles. The van der Waals surface area contributed by atoms with Gasteiger partial charge in [0.25, 0.3) is 0 Å². The highest BCUT2D eigenvalue weighted by Crippen LogP contribution is 2.23. The SMILES string of the molecule is C(#CC1CCCC1)OC1CCCCO1. The summed E-state index contributed by atoms with van der Waals surface area (Å²) >= 11 is 0. The average molecular weight is 194 g/mol. The number of hydrogen-bond acceptors (Lipinski definition) is 2. The van der Waals surface area contributed by atoms with E-state index in [4.69, 9.17) is 9.47 Å². The summed E-state index contributed by atoms with van der Waals surface area (Å²) in [5.74, 6) is 3.76. The predicted molar refractivity (Wildman–Crippen MR) is 54.4 cm³/mol. The van der Waals surface area contributed by atoms with Gasteiger partial charge in [0.05, 0.1) is 6.61 Å². The van der Waals surface area contributed by atoms with Crippen molar-refractivity contribution in [1.29, 1.82) is 0 Å². The van der Waals surface area contributed by atoms with Crippen LogP contribution in [0.4, 0.5) is 0 Å². The van der Waals surface area contributed by atoms with E-state index >= 15 is 0 Å². The normalized spacial score (nSPS) is 28.1. The van der Waals surface area contributed by atoms with E-state index in [-0.39, 0.29) is 6.29 Å². The highest BCUT2D eigenvalue weighted by Gasteiger charge is 2.14. The minimum atomic E-state index is -0.0577. The van der Waals surface area contributed by atoms with Crippen LogP contribution in [0, 0.1) is 17.9 Å². The van der Waals surface area contributed by atoms with Crippen LogP contribution in [0.25, 0.3) is 0 Å². The molecule has 0 N–H and O–H groups in total. The summed E-state index contributed by atoms with van der Waals surface area (Å²) < 4.78 is 10.8. The first-order chi connectivity index (χ1) is 6.95. The molecular weight excluding hydrogens is 176 g/mol. The molecule has 0 bridgehead atoms. The lowest BCUT2D eigenvalue weighted by Gasteiger charge is -2.19. The van der Waals surface area contributed by atoms with Crippen LogP contribution in [0.3, 0.4) is 0 Å². The van der Waals surface area contributed by atoms with Crippen molar-refractivity contribution in [2.75, 3.05) is 6.61 Å². The molecule has 0 aromatic heterocycles. The number of ether oxygens (including phenoxy) is 2. The molecule has 1 aliphatic heterocycles. The Hall–Kier alpha value is -0.680. The van der Waals surface area contributed by atoms with Crippen LogP contribution in [-0.4, -0.2) is 12.9 Å². The molecule has 0 spiro atoms. The minimum absolute atomic E-state index is 0.0577. The summed E-state index contributed by atoms with van der Waals surface area (Å²) in [4.78, 5) is 0. The zero-order chi connectivity index (χ0) is 9.64. The van der Waals surface area contributed by atoms with Crippen molar-refractivity contribution in [1.82, 2.24) is 0 Å². The highest BCUT2D eigenvalue weighted by molar-refractivity contribution is 5.00. The van der Waals surface area contributed by atoms with Crippen molar-refractivity contribution in [3.8, 4) is 12.0 Å². The molecule has 0 amide bonds. The summed E-state index contributed by atoms with van der Waals surface area (Å²) in [5.41, 5.74) is 0. The maximum atomic E-state index is 5.42. The summed E-state index contributed by atoms with van der Waals surface area (Å²) in [6, 6.07) is 0. The third-order valence-corrected chi connectivity index (χ3v) is 2.95. The van der Waals surface area contributed by atoms with E-state index in [1.165, 1.54) is 32.1 Å². The first-order valence-corrected chi connectivity index (χ1v) is 5.73. The monoisotopic (exact) mass is 194 g/mol. The van der Waals surface area contributed by atoms with Crippen LogP contribution < -0.4 is 0 Å². The molecule has 1 atom stereocenters. The smallest absolute Gasteiger partial charge is 0.210 e. The van der Waals surface area contributed by atoms with Crippen molar-refractivity contribution in [3.63, 3.8) is 0 Å². The van der Waals surface area contributed by atoms with Crippen LogP contribution >= 0.6 is 0 Å². The zero-order valence-electron chi connectivity index (χ0n) is 8.63. The van der Waals surface area contributed by atoms with Gasteiger partial charge in [-0.1, -0.05) is 18.8 Å². The van der Waals surface area contributed by atoms with Gasteiger partial charge < -0.3 is 9.47 Å². The molecule has 78 valence electrons. The van der Waals surface area contributed by atoms with Crippen molar-refractivity contribution in [2.45, 2.75) is 51.2 Å². The fourth-order valence-electron chi connectivity index (χ4n) is 2.06. The summed E-state index contributed by atoms with van der Waals surface area (Å²) in [6.07, 6.45) is 11.3. The van der Waals surface area contributed by atoms with Gasteiger partial charge in [-0.15, -0.1) is 0 Å². The van der Waals surface area contributed by atoms with Gasteiger partial charge in [0, 0.05) is 12.3 Å². The Labute approximate surface area is 86.0 Å². The predicted octanol–water partition coefficient (Wildman–Crippen LogP) is 2.68. The Kier molecular flexibility index (Phi) is 3.71. The number of rotatable bonds is 1. The van der Waals surface area contributed by atoms with Gasteiger partial charge in [0.2, 0.25) is 6.29 Å². The second kappa shape index (κ2) is 5.26. The first-order valence-electron chi connectivity index (χ1n) is 5.73. The molecule has 2 fully saturated rings. The van der Waals surface area contributed by atoms with E-state index < -0.39 is 0 Å². The van der Waals surface area contributed by atoms with Crippen molar-refractivity contribution >= 4 is 0 Å². The fourth-order valence-corrected chi connectivity index (χ4v) is 2.06. The molecule has 1 saturated carbocycles. The van der Waals surface area contributed by atoms with E-state index in [1.807, 2.05) is 0 Å². The Morgan fingerprint density at radius 1 is 1.00 bits per heavy atom. The Bertz CT molecular complexity index is 214. The standard InChI is InChI=1S/C12H18O2/c1-2-6-11(5-1)8-10-14-12-7-3-4-9-13-12/h11-12H,1-7,9H2. The summed E-state index contributed by atoms with van der Waals surface area (Å²) in [5, 5.41) is 0. The molecule has 0 radical (unpaired) electrons.